The van der Waals surface area contributed by atoms with Gasteiger partial charge in [-0.25, -0.2) is 17.9 Å². The maximum absolute atomic E-state index is 12.6. The Bertz CT molecular complexity index is 1270. The minimum absolute atomic E-state index is 0.0427. The predicted molar refractivity (Wildman–Crippen MR) is 121 cm³/mol. The lowest BCUT2D eigenvalue weighted by molar-refractivity contribution is -0.274. The van der Waals surface area contributed by atoms with Crippen LogP contribution in [-0.2, 0) is 21.2 Å². The lowest BCUT2D eigenvalue weighted by Crippen LogP contribution is -2.26. The van der Waals surface area contributed by atoms with E-state index in [1.54, 1.807) is 31.2 Å². The Kier molecular flexibility index (Phi) is 8.03. The fourth-order valence-corrected chi connectivity index (χ4v) is 4.14. The quantitative estimate of drug-likeness (QED) is 0.409. The molecule has 3 rings (SSSR count). The van der Waals surface area contributed by atoms with E-state index >= 15 is 0 Å². The molecule has 0 heterocycles. The van der Waals surface area contributed by atoms with Crippen LogP contribution in [0.3, 0.4) is 0 Å². The van der Waals surface area contributed by atoms with Gasteiger partial charge in [0, 0.05) is 6.54 Å². The molecule has 3 aromatic carbocycles. The van der Waals surface area contributed by atoms with Crippen molar-refractivity contribution in [1.82, 2.24) is 4.72 Å². The van der Waals surface area contributed by atoms with Crippen LogP contribution in [0.2, 0.25) is 0 Å². The fraction of sp³-hybridized carbons (Fsp3) is 0.208. The van der Waals surface area contributed by atoms with Gasteiger partial charge in [0.2, 0.25) is 10.0 Å². The summed E-state index contributed by atoms with van der Waals surface area (Å²) in [5.74, 6) is -0.194. The van der Waals surface area contributed by atoms with Gasteiger partial charge in [0.15, 0.2) is 0 Å². The Morgan fingerprint density at radius 2 is 1.49 bits per heavy atom. The SMILES string of the molecule is COC(=O)c1cc(S(=O)(=O)NCCc2ccc(Oc3ccc(OC(F)(F)F)cc3)cc2)ccc1C. The molecular formula is C24H22F3NO6S. The van der Waals surface area contributed by atoms with Crippen LogP contribution < -0.4 is 14.2 Å². The zero-order chi connectivity index (χ0) is 25.6. The number of sulfonamides is 1. The molecule has 7 nitrogen and oxygen atoms in total. The number of carbonyl (C=O) groups is 1. The Balaban J connectivity index is 1.55. The van der Waals surface area contributed by atoms with E-state index in [1.165, 1.54) is 37.4 Å². The number of halogens is 3. The molecule has 0 aromatic heterocycles. The number of esters is 1. The van der Waals surface area contributed by atoms with Crippen LogP contribution in [0.25, 0.3) is 0 Å². The normalized spacial score (nSPS) is 11.7. The molecule has 186 valence electrons. The number of alkyl halides is 3. The maximum atomic E-state index is 12.6. The third-order valence-electron chi connectivity index (χ3n) is 4.85. The summed E-state index contributed by atoms with van der Waals surface area (Å²) in [5.41, 5.74) is 1.60. The van der Waals surface area contributed by atoms with Crippen LogP contribution in [0.1, 0.15) is 21.5 Å². The molecule has 0 unspecified atom stereocenters. The fourth-order valence-electron chi connectivity index (χ4n) is 3.08. The van der Waals surface area contributed by atoms with Gasteiger partial charge in [-0.3, -0.25) is 0 Å². The van der Waals surface area contributed by atoms with Crippen molar-refractivity contribution in [2.24, 2.45) is 0 Å². The van der Waals surface area contributed by atoms with E-state index in [0.717, 1.165) is 17.7 Å². The summed E-state index contributed by atoms with van der Waals surface area (Å²) in [7, 11) is -2.62. The smallest absolute Gasteiger partial charge is 0.465 e. The van der Waals surface area contributed by atoms with Crippen LogP contribution >= 0.6 is 0 Å². The number of methoxy groups -OCH3 is 1. The highest BCUT2D eigenvalue weighted by molar-refractivity contribution is 7.89. The average molecular weight is 510 g/mol. The molecule has 0 radical (unpaired) electrons. The Labute approximate surface area is 200 Å². The highest BCUT2D eigenvalue weighted by atomic mass is 32.2. The van der Waals surface area contributed by atoms with Gasteiger partial charge in [0.25, 0.3) is 0 Å². The van der Waals surface area contributed by atoms with Gasteiger partial charge in [0.05, 0.1) is 17.6 Å². The first kappa shape index (κ1) is 26.0. The van der Waals surface area contributed by atoms with Crippen molar-refractivity contribution in [3.05, 3.63) is 83.4 Å². The summed E-state index contributed by atoms with van der Waals surface area (Å²) in [4.78, 5) is 11.8. The molecule has 0 bridgehead atoms. The van der Waals surface area contributed by atoms with Crippen molar-refractivity contribution in [1.29, 1.82) is 0 Å². The molecule has 0 aliphatic rings. The van der Waals surface area contributed by atoms with Gasteiger partial charge in [-0.15, -0.1) is 13.2 Å². The molecule has 1 N–H and O–H groups in total. The molecule has 0 fully saturated rings. The van der Waals surface area contributed by atoms with E-state index in [0.29, 0.717) is 23.5 Å². The van der Waals surface area contributed by atoms with Crippen molar-refractivity contribution in [2.45, 2.75) is 24.6 Å². The van der Waals surface area contributed by atoms with Gasteiger partial charge in [0.1, 0.15) is 17.2 Å². The van der Waals surface area contributed by atoms with Crippen molar-refractivity contribution in [3.8, 4) is 17.2 Å². The Hall–Kier alpha value is -3.57. The van der Waals surface area contributed by atoms with Crippen molar-refractivity contribution in [3.63, 3.8) is 0 Å². The average Bonchev–Trinajstić information content (AvgIpc) is 2.80. The van der Waals surface area contributed by atoms with Crippen LogP contribution in [0.4, 0.5) is 13.2 Å². The summed E-state index contributed by atoms with van der Waals surface area (Å²) < 4.78 is 78.5. The van der Waals surface area contributed by atoms with Gasteiger partial charge in [-0.1, -0.05) is 18.2 Å². The molecule has 0 spiro atoms. The summed E-state index contributed by atoms with van der Waals surface area (Å²) in [6.45, 7) is 1.80. The van der Waals surface area contributed by atoms with E-state index in [2.05, 4.69) is 14.2 Å². The molecule has 0 aliphatic carbocycles. The van der Waals surface area contributed by atoms with Crippen LogP contribution in [0, 0.1) is 6.92 Å². The van der Waals surface area contributed by atoms with Crippen molar-refractivity contribution < 1.29 is 40.6 Å². The minimum Gasteiger partial charge on any atom is -0.465 e. The molecule has 0 atom stereocenters. The summed E-state index contributed by atoms with van der Waals surface area (Å²) >= 11 is 0. The molecule has 0 saturated heterocycles. The third-order valence-corrected chi connectivity index (χ3v) is 6.31. The van der Waals surface area contributed by atoms with Crippen molar-refractivity contribution >= 4 is 16.0 Å². The van der Waals surface area contributed by atoms with E-state index in [4.69, 9.17) is 4.74 Å². The topological polar surface area (TPSA) is 90.9 Å². The van der Waals surface area contributed by atoms with Crippen LogP contribution in [-0.4, -0.2) is 34.4 Å². The first-order chi connectivity index (χ1) is 16.5. The first-order valence-electron chi connectivity index (χ1n) is 10.3. The minimum atomic E-state index is -4.77. The Morgan fingerprint density at radius 1 is 0.914 bits per heavy atom. The van der Waals surface area contributed by atoms with E-state index in [9.17, 15) is 26.4 Å². The number of ether oxygens (including phenoxy) is 3. The summed E-state index contributed by atoms with van der Waals surface area (Å²) in [6.07, 6.45) is -4.38. The highest BCUT2D eigenvalue weighted by Gasteiger charge is 2.31. The first-order valence-corrected chi connectivity index (χ1v) is 11.8. The number of aryl methyl sites for hydroxylation is 1. The monoisotopic (exact) mass is 509 g/mol. The zero-order valence-corrected chi connectivity index (χ0v) is 19.6. The predicted octanol–water partition coefficient (Wildman–Crippen LogP) is 4.99. The van der Waals surface area contributed by atoms with E-state index < -0.39 is 22.4 Å². The number of hydrogen-bond acceptors (Lipinski definition) is 6. The van der Waals surface area contributed by atoms with E-state index in [1.807, 2.05) is 0 Å². The van der Waals surface area contributed by atoms with E-state index in [-0.39, 0.29) is 22.8 Å². The van der Waals surface area contributed by atoms with Gasteiger partial charge < -0.3 is 14.2 Å². The molecule has 3 aromatic rings. The van der Waals surface area contributed by atoms with Gasteiger partial charge in [-0.2, -0.15) is 0 Å². The number of rotatable bonds is 9. The second kappa shape index (κ2) is 10.8. The highest BCUT2D eigenvalue weighted by Crippen LogP contribution is 2.27. The number of benzene rings is 3. The largest absolute Gasteiger partial charge is 0.573 e. The molecule has 0 aliphatic heterocycles. The Morgan fingerprint density at radius 3 is 2.06 bits per heavy atom. The maximum Gasteiger partial charge on any atom is 0.573 e. The number of nitrogens with one attached hydrogen (secondary N) is 1. The van der Waals surface area contributed by atoms with Crippen molar-refractivity contribution in [2.75, 3.05) is 13.7 Å². The standard InChI is InChI=1S/C24H22F3NO6S/c1-16-3-12-21(15-22(16)23(29)32-2)35(30,31)28-14-13-17-4-6-18(7-5-17)33-19-8-10-20(11-9-19)34-24(25,26)27/h3-12,15,28H,13-14H2,1-2H3. The lowest BCUT2D eigenvalue weighted by atomic mass is 10.1. The zero-order valence-electron chi connectivity index (χ0n) is 18.8. The molecule has 0 saturated carbocycles. The summed E-state index contributed by atoms with van der Waals surface area (Å²) in [6, 6.07) is 16.0. The second-order valence-corrected chi connectivity index (χ2v) is 9.15. The molecule has 0 amide bonds. The third kappa shape index (κ3) is 7.46. The van der Waals surface area contributed by atoms with Gasteiger partial charge in [-0.05, 0) is 73.0 Å². The molecule has 35 heavy (non-hydrogen) atoms. The lowest BCUT2D eigenvalue weighted by Gasteiger charge is -2.11. The number of hydrogen-bond donors (Lipinski definition) is 1. The summed E-state index contributed by atoms with van der Waals surface area (Å²) in [5, 5.41) is 0. The second-order valence-electron chi connectivity index (χ2n) is 7.38. The van der Waals surface area contributed by atoms with Crippen LogP contribution in [0.15, 0.2) is 71.6 Å². The number of carbonyl (C=O) groups excluding carboxylic acids is 1. The molecular weight excluding hydrogens is 487 g/mol. The van der Waals surface area contributed by atoms with Gasteiger partial charge >= 0.3 is 12.3 Å². The van der Waals surface area contributed by atoms with Crippen LogP contribution in [0.5, 0.6) is 17.2 Å². The molecule has 11 heteroatoms.